The van der Waals surface area contributed by atoms with E-state index in [0.29, 0.717) is 0 Å². The highest BCUT2D eigenvalue weighted by Crippen LogP contribution is 2.27. The van der Waals surface area contributed by atoms with Crippen molar-refractivity contribution in [3.05, 3.63) is 60.0 Å². The summed E-state index contributed by atoms with van der Waals surface area (Å²) < 4.78 is 21.5. The van der Waals surface area contributed by atoms with E-state index in [4.69, 9.17) is 10.1 Å². The van der Waals surface area contributed by atoms with Crippen molar-refractivity contribution in [1.82, 2.24) is 9.78 Å². The fraction of sp³-hybridized carbons (Fsp3) is 0.263. The number of aromatic nitrogens is 2. The fourth-order valence-electron chi connectivity index (χ4n) is 3.15. The van der Waals surface area contributed by atoms with Gasteiger partial charge in [-0.1, -0.05) is 12.1 Å². The zero-order valence-corrected chi connectivity index (χ0v) is 13.7. The number of nitrogens with zero attached hydrogens (tertiary/aromatic N) is 2. The molecule has 0 amide bonds. The molecule has 1 atom stereocenters. The molecule has 0 bridgehead atoms. The molecule has 1 fully saturated rings. The highest BCUT2D eigenvalue weighted by molar-refractivity contribution is 6.07. The molecule has 0 saturated carbocycles. The molecule has 25 heavy (non-hydrogen) atoms. The van der Waals surface area contributed by atoms with Crippen molar-refractivity contribution in [3.63, 3.8) is 0 Å². The van der Waals surface area contributed by atoms with E-state index in [1.807, 2.05) is 22.9 Å². The van der Waals surface area contributed by atoms with Crippen LogP contribution >= 0.6 is 0 Å². The number of halogens is 1. The Morgan fingerprint density at radius 1 is 1.24 bits per heavy atom. The molecule has 1 saturated heterocycles. The third-order valence-electron chi connectivity index (χ3n) is 4.44. The molecule has 1 unspecified atom stereocenters. The van der Waals surface area contributed by atoms with Crippen LogP contribution in [0.2, 0.25) is 0 Å². The van der Waals surface area contributed by atoms with Crippen molar-refractivity contribution in [3.8, 4) is 0 Å². The molecule has 1 aromatic heterocycles. The van der Waals surface area contributed by atoms with Gasteiger partial charge in [-0.05, 0) is 49.6 Å². The van der Waals surface area contributed by atoms with E-state index in [2.05, 4.69) is 10.4 Å². The second kappa shape index (κ2) is 6.64. The number of hydrogen-bond acceptors (Lipinski definition) is 3. The van der Waals surface area contributed by atoms with E-state index < -0.39 is 5.82 Å². The number of amidine groups is 1. The summed E-state index contributed by atoms with van der Waals surface area (Å²) in [7, 11) is 0. The minimum absolute atomic E-state index is 0.0122. The van der Waals surface area contributed by atoms with Gasteiger partial charge in [0.25, 0.3) is 0 Å². The van der Waals surface area contributed by atoms with E-state index in [-0.39, 0.29) is 17.6 Å². The fourth-order valence-corrected chi connectivity index (χ4v) is 3.15. The van der Waals surface area contributed by atoms with Gasteiger partial charge in [-0.2, -0.15) is 5.10 Å². The van der Waals surface area contributed by atoms with Crippen LogP contribution in [-0.2, 0) is 4.74 Å². The topological polar surface area (TPSA) is 62.9 Å². The lowest BCUT2D eigenvalue weighted by Gasteiger charge is -2.23. The van der Waals surface area contributed by atoms with Gasteiger partial charge in [0.2, 0.25) is 0 Å². The number of nitrogens with one attached hydrogen (secondary N) is 2. The SMILES string of the molecule is N=C(Nc1ccc2c(cnn2C2CCCCO2)c1)c1ccccc1F. The molecule has 2 N–H and O–H groups in total. The third-order valence-corrected chi connectivity index (χ3v) is 4.44. The summed E-state index contributed by atoms with van der Waals surface area (Å²) in [6.45, 7) is 0.769. The quantitative estimate of drug-likeness (QED) is 0.552. The standard InChI is InChI=1S/C19H19FN4O/c20-16-6-2-1-5-15(16)19(21)23-14-8-9-17-13(11-14)12-22-24(17)18-7-3-4-10-25-18/h1-2,5-6,8-9,11-12,18H,3-4,7,10H2,(H2,21,23). The van der Waals surface area contributed by atoms with Crippen LogP contribution < -0.4 is 5.32 Å². The molecule has 0 aliphatic carbocycles. The van der Waals surface area contributed by atoms with Crippen LogP contribution in [0.3, 0.4) is 0 Å². The monoisotopic (exact) mass is 338 g/mol. The Balaban J connectivity index is 1.58. The highest BCUT2D eigenvalue weighted by Gasteiger charge is 2.18. The van der Waals surface area contributed by atoms with E-state index in [1.54, 1.807) is 24.4 Å². The van der Waals surface area contributed by atoms with Crippen LogP contribution in [0.4, 0.5) is 10.1 Å². The van der Waals surface area contributed by atoms with Gasteiger partial charge >= 0.3 is 0 Å². The van der Waals surface area contributed by atoms with Crippen LogP contribution in [0, 0.1) is 11.2 Å². The predicted molar refractivity (Wildman–Crippen MR) is 95.4 cm³/mol. The maximum Gasteiger partial charge on any atom is 0.150 e. The average Bonchev–Trinajstić information content (AvgIpc) is 3.06. The first-order chi connectivity index (χ1) is 12.2. The van der Waals surface area contributed by atoms with Gasteiger partial charge in [-0.25, -0.2) is 9.07 Å². The van der Waals surface area contributed by atoms with Gasteiger partial charge < -0.3 is 10.1 Å². The predicted octanol–water partition coefficient (Wildman–Crippen LogP) is 4.31. The number of hydrogen-bond donors (Lipinski definition) is 2. The average molecular weight is 338 g/mol. The Kier molecular flexibility index (Phi) is 4.19. The molecule has 1 aliphatic rings. The van der Waals surface area contributed by atoms with Crippen molar-refractivity contribution in [1.29, 1.82) is 5.41 Å². The number of ether oxygens (including phenoxy) is 1. The largest absolute Gasteiger partial charge is 0.356 e. The molecule has 6 heteroatoms. The van der Waals surface area contributed by atoms with Gasteiger partial charge in [0.1, 0.15) is 11.7 Å². The summed E-state index contributed by atoms with van der Waals surface area (Å²) in [6.07, 6.45) is 4.99. The van der Waals surface area contributed by atoms with Crippen LogP contribution in [-0.4, -0.2) is 22.2 Å². The minimum Gasteiger partial charge on any atom is -0.356 e. The van der Waals surface area contributed by atoms with Crippen LogP contribution in [0.5, 0.6) is 0 Å². The van der Waals surface area contributed by atoms with Gasteiger partial charge in [0.05, 0.1) is 17.3 Å². The Bertz CT molecular complexity index is 915. The normalized spacial score (nSPS) is 17.6. The number of benzene rings is 2. The lowest BCUT2D eigenvalue weighted by Crippen LogP contribution is -2.19. The van der Waals surface area contributed by atoms with Gasteiger partial charge in [-0.3, -0.25) is 5.41 Å². The summed E-state index contributed by atoms with van der Waals surface area (Å²) in [5.41, 5.74) is 1.97. The van der Waals surface area contributed by atoms with E-state index in [1.165, 1.54) is 6.07 Å². The summed E-state index contributed by atoms with van der Waals surface area (Å²) in [4.78, 5) is 0. The molecule has 4 rings (SSSR count). The van der Waals surface area contributed by atoms with Crippen LogP contribution in [0.1, 0.15) is 31.1 Å². The van der Waals surface area contributed by atoms with Crippen molar-refractivity contribution < 1.29 is 9.13 Å². The minimum atomic E-state index is -0.414. The molecule has 5 nitrogen and oxygen atoms in total. The number of anilines is 1. The van der Waals surface area contributed by atoms with E-state index in [9.17, 15) is 4.39 Å². The van der Waals surface area contributed by atoms with Crippen molar-refractivity contribution >= 4 is 22.4 Å². The highest BCUT2D eigenvalue weighted by atomic mass is 19.1. The Labute approximate surface area is 144 Å². The molecule has 3 aromatic rings. The second-order valence-corrected chi connectivity index (χ2v) is 6.16. The summed E-state index contributed by atoms with van der Waals surface area (Å²) in [5.74, 6) is -0.385. The lowest BCUT2D eigenvalue weighted by atomic mass is 10.1. The van der Waals surface area contributed by atoms with Gasteiger partial charge in [0, 0.05) is 17.7 Å². The zero-order valence-electron chi connectivity index (χ0n) is 13.7. The molecule has 2 heterocycles. The number of fused-ring (bicyclic) bond motifs is 1. The van der Waals surface area contributed by atoms with E-state index >= 15 is 0 Å². The first kappa shape index (κ1) is 15.8. The van der Waals surface area contributed by atoms with Crippen molar-refractivity contribution in [2.45, 2.75) is 25.5 Å². The maximum atomic E-state index is 13.8. The first-order valence-corrected chi connectivity index (χ1v) is 8.42. The smallest absolute Gasteiger partial charge is 0.150 e. The lowest BCUT2D eigenvalue weighted by molar-refractivity contribution is -0.0366. The molecule has 0 radical (unpaired) electrons. The maximum absolute atomic E-state index is 13.8. The number of rotatable bonds is 3. The Hall–Kier alpha value is -2.73. The molecule has 1 aliphatic heterocycles. The Morgan fingerprint density at radius 2 is 2.12 bits per heavy atom. The van der Waals surface area contributed by atoms with E-state index in [0.717, 1.165) is 42.5 Å². The molecular weight excluding hydrogens is 319 g/mol. The second-order valence-electron chi connectivity index (χ2n) is 6.16. The van der Waals surface area contributed by atoms with Gasteiger partial charge in [-0.15, -0.1) is 0 Å². The molecular formula is C19H19FN4O. The van der Waals surface area contributed by atoms with Gasteiger partial charge in [0.15, 0.2) is 6.23 Å². The summed E-state index contributed by atoms with van der Waals surface area (Å²) >= 11 is 0. The van der Waals surface area contributed by atoms with Crippen LogP contribution in [0.25, 0.3) is 10.9 Å². The van der Waals surface area contributed by atoms with Crippen molar-refractivity contribution in [2.24, 2.45) is 0 Å². The summed E-state index contributed by atoms with van der Waals surface area (Å²) in [5, 5.41) is 16.5. The Morgan fingerprint density at radius 3 is 2.92 bits per heavy atom. The molecule has 128 valence electrons. The van der Waals surface area contributed by atoms with Crippen LogP contribution in [0.15, 0.2) is 48.7 Å². The first-order valence-electron chi connectivity index (χ1n) is 8.42. The van der Waals surface area contributed by atoms with Crippen molar-refractivity contribution in [2.75, 3.05) is 11.9 Å². The summed E-state index contributed by atoms with van der Waals surface area (Å²) in [6, 6.07) is 12.0. The third kappa shape index (κ3) is 3.13. The molecule has 0 spiro atoms. The zero-order chi connectivity index (χ0) is 17.2. The molecule has 2 aromatic carbocycles.